The summed E-state index contributed by atoms with van der Waals surface area (Å²) in [4.78, 5) is 25.1. The largest absolute Gasteiger partial charge is 0.434 e. The monoisotopic (exact) mass is 408 g/mol. The molecule has 8 heteroatoms. The number of hydrogen-bond donors (Lipinski definition) is 2. The number of para-hydroxylation sites is 1. The SMILES string of the molecule is CC(C)NC(=O)CSc1ccccc1C(=O)NCc1ccccc1OC(F)F. The molecule has 0 atom stereocenters. The summed E-state index contributed by atoms with van der Waals surface area (Å²) in [5.41, 5.74) is 0.856. The zero-order valence-electron chi connectivity index (χ0n) is 15.6. The molecule has 0 fully saturated rings. The van der Waals surface area contributed by atoms with E-state index in [0.717, 1.165) is 0 Å². The summed E-state index contributed by atoms with van der Waals surface area (Å²) in [5, 5.41) is 5.51. The van der Waals surface area contributed by atoms with Crippen molar-refractivity contribution < 1.29 is 23.1 Å². The van der Waals surface area contributed by atoms with Crippen molar-refractivity contribution in [3.05, 3.63) is 59.7 Å². The zero-order valence-corrected chi connectivity index (χ0v) is 16.4. The highest BCUT2D eigenvalue weighted by Crippen LogP contribution is 2.23. The molecule has 0 spiro atoms. The number of carbonyl (C=O) groups is 2. The predicted octanol–water partition coefficient (Wildman–Crippen LogP) is 3.83. The van der Waals surface area contributed by atoms with Crippen LogP contribution in [-0.4, -0.2) is 30.2 Å². The van der Waals surface area contributed by atoms with E-state index in [1.807, 2.05) is 13.8 Å². The Labute approximate surface area is 166 Å². The van der Waals surface area contributed by atoms with Gasteiger partial charge < -0.3 is 15.4 Å². The number of rotatable bonds is 9. The number of benzene rings is 2. The third kappa shape index (κ3) is 6.84. The lowest BCUT2D eigenvalue weighted by molar-refractivity contribution is -0.119. The van der Waals surface area contributed by atoms with Gasteiger partial charge in [0.25, 0.3) is 5.91 Å². The van der Waals surface area contributed by atoms with Gasteiger partial charge in [0.1, 0.15) is 5.75 Å². The normalized spacial score (nSPS) is 10.8. The van der Waals surface area contributed by atoms with Crippen LogP contribution in [0.3, 0.4) is 0 Å². The van der Waals surface area contributed by atoms with Gasteiger partial charge in [0.05, 0.1) is 11.3 Å². The Hall–Kier alpha value is -2.61. The second-order valence-electron chi connectivity index (χ2n) is 6.18. The molecule has 0 aliphatic carbocycles. The van der Waals surface area contributed by atoms with Crippen molar-refractivity contribution in [3.63, 3.8) is 0 Å². The Morgan fingerprint density at radius 1 is 1.07 bits per heavy atom. The maximum atomic E-state index is 12.6. The second-order valence-corrected chi connectivity index (χ2v) is 7.19. The molecule has 0 aromatic heterocycles. The van der Waals surface area contributed by atoms with Crippen LogP contribution in [0.5, 0.6) is 5.75 Å². The Bertz CT molecular complexity index is 816. The highest BCUT2D eigenvalue weighted by atomic mass is 32.2. The maximum absolute atomic E-state index is 12.6. The van der Waals surface area contributed by atoms with Gasteiger partial charge >= 0.3 is 6.61 Å². The summed E-state index contributed by atoms with van der Waals surface area (Å²) in [5.74, 6) is -0.272. The number of thioether (sulfide) groups is 1. The van der Waals surface area contributed by atoms with E-state index in [1.54, 1.807) is 42.5 Å². The summed E-state index contributed by atoms with van der Waals surface area (Å²) < 4.78 is 29.5. The fraction of sp³-hybridized carbons (Fsp3) is 0.300. The van der Waals surface area contributed by atoms with Crippen LogP contribution in [0.15, 0.2) is 53.4 Å². The molecule has 2 aromatic rings. The molecule has 0 unspecified atom stereocenters. The van der Waals surface area contributed by atoms with Crippen molar-refractivity contribution >= 4 is 23.6 Å². The van der Waals surface area contributed by atoms with E-state index in [4.69, 9.17) is 0 Å². The molecule has 0 bridgehead atoms. The fourth-order valence-electron chi connectivity index (χ4n) is 2.42. The van der Waals surface area contributed by atoms with E-state index >= 15 is 0 Å². The minimum absolute atomic E-state index is 0.0193. The molecule has 5 nitrogen and oxygen atoms in total. The molecule has 2 rings (SSSR count). The summed E-state index contributed by atoms with van der Waals surface area (Å²) in [6.45, 7) is 0.846. The van der Waals surface area contributed by atoms with E-state index in [2.05, 4.69) is 15.4 Å². The molecule has 2 aromatic carbocycles. The molecule has 0 aliphatic rings. The van der Waals surface area contributed by atoms with Crippen molar-refractivity contribution in [2.75, 3.05) is 5.75 Å². The molecule has 2 amide bonds. The smallest absolute Gasteiger partial charge is 0.387 e. The Kier molecular flexibility index (Phi) is 8.25. The molecule has 150 valence electrons. The van der Waals surface area contributed by atoms with Gasteiger partial charge in [-0.25, -0.2) is 0 Å². The van der Waals surface area contributed by atoms with Gasteiger partial charge in [-0.05, 0) is 32.0 Å². The third-order valence-corrected chi connectivity index (χ3v) is 4.64. The lowest BCUT2D eigenvalue weighted by Crippen LogP contribution is -2.31. The molecule has 0 saturated carbocycles. The number of ether oxygens (including phenoxy) is 1. The van der Waals surface area contributed by atoms with E-state index in [-0.39, 0.29) is 35.9 Å². The molecule has 0 radical (unpaired) electrons. The van der Waals surface area contributed by atoms with E-state index in [0.29, 0.717) is 16.0 Å². The molecule has 0 aliphatic heterocycles. The number of amides is 2. The average molecular weight is 408 g/mol. The Morgan fingerprint density at radius 2 is 1.75 bits per heavy atom. The maximum Gasteiger partial charge on any atom is 0.387 e. The van der Waals surface area contributed by atoms with Crippen LogP contribution < -0.4 is 15.4 Å². The standard InChI is InChI=1S/C20H22F2N2O3S/c1-13(2)24-18(25)12-28-17-10-6-4-8-15(17)19(26)23-11-14-7-3-5-9-16(14)27-20(21)22/h3-10,13,20H,11-12H2,1-2H3,(H,23,26)(H,24,25). The zero-order chi connectivity index (χ0) is 20.5. The van der Waals surface area contributed by atoms with Crippen LogP contribution in [0, 0.1) is 0 Å². The fourth-order valence-corrected chi connectivity index (χ4v) is 3.28. The van der Waals surface area contributed by atoms with E-state index < -0.39 is 6.61 Å². The van der Waals surface area contributed by atoms with Gasteiger partial charge in [-0.1, -0.05) is 30.3 Å². The first-order valence-corrected chi connectivity index (χ1v) is 9.67. The van der Waals surface area contributed by atoms with Gasteiger partial charge in [-0.15, -0.1) is 11.8 Å². The minimum atomic E-state index is -2.94. The van der Waals surface area contributed by atoms with Crippen molar-refractivity contribution in [3.8, 4) is 5.75 Å². The molecule has 0 saturated heterocycles. The summed E-state index contributed by atoms with van der Waals surface area (Å²) in [6.07, 6.45) is 0. The first-order valence-electron chi connectivity index (χ1n) is 8.69. The number of hydrogen-bond acceptors (Lipinski definition) is 4. The van der Waals surface area contributed by atoms with E-state index in [1.165, 1.54) is 17.8 Å². The number of alkyl halides is 2. The van der Waals surface area contributed by atoms with Gasteiger partial charge in [0.2, 0.25) is 5.91 Å². The highest BCUT2D eigenvalue weighted by Gasteiger charge is 2.15. The quantitative estimate of drug-likeness (QED) is 0.619. The first-order chi connectivity index (χ1) is 13.4. The molecular formula is C20H22F2N2O3S. The second kappa shape index (κ2) is 10.7. The molecule has 28 heavy (non-hydrogen) atoms. The Morgan fingerprint density at radius 3 is 2.46 bits per heavy atom. The van der Waals surface area contributed by atoms with Gasteiger partial charge in [0, 0.05) is 23.0 Å². The molecular weight excluding hydrogens is 386 g/mol. The number of halogens is 2. The van der Waals surface area contributed by atoms with Crippen LogP contribution in [0.25, 0.3) is 0 Å². The molecule has 2 N–H and O–H groups in total. The van der Waals surface area contributed by atoms with Gasteiger partial charge in [0.15, 0.2) is 0 Å². The summed E-state index contributed by atoms with van der Waals surface area (Å²) >= 11 is 1.26. The summed E-state index contributed by atoms with van der Waals surface area (Å²) in [6, 6.07) is 13.2. The van der Waals surface area contributed by atoms with Crippen LogP contribution in [0.2, 0.25) is 0 Å². The highest BCUT2D eigenvalue weighted by molar-refractivity contribution is 8.00. The lowest BCUT2D eigenvalue weighted by Gasteiger charge is -2.13. The van der Waals surface area contributed by atoms with Crippen LogP contribution in [0.4, 0.5) is 8.78 Å². The van der Waals surface area contributed by atoms with Crippen LogP contribution in [-0.2, 0) is 11.3 Å². The van der Waals surface area contributed by atoms with Crippen LogP contribution >= 0.6 is 11.8 Å². The summed E-state index contributed by atoms with van der Waals surface area (Å²) in [7, 11) is 0. The van der Waals surface area contributed by atoms with E-state index in [9.17, 15) is 18.4 Å². The lowest BCUT2D eigenvalue weighted by atomic mass is 10.1. The van der Waals surface area contributed by atoms with Crippen molar-refractivity contribution in [1.29, 1.82) is 0 Å². The van der Waals surface area contributed by atoms with Crippen molar-refractivity contribution in [1.82, 2.24) is 10.6 Å². The number of carbonyl (C=O) groups excluding carboxylic acids is 2. The minimum Gasteiger partial charge on any atom is -0.434 e. The third-order valence-electron chi connectivity index (χ3n) is 3.57. The van der Waals surface area contributed by atoms with Crippen molar-refractivity contribution in [2.24, 2.45) is 0 Å². The van der Waals surface area contributed by atoms with Crippen molar-refractivity contribution in [2.45, 2.75) is 37.9 Å². The predicted molar refractivity (Wildman–Crippen MR) is 105 cm³/mol. The van der Waals surface area contributed by atoms with Gasteiger partial charge in [-0.2, -0.15) is 8.78 Å². The molecule has 0 heterocycles. The van der Waals surface area contributed by atoms with Gasteiger partial charge in [-0.3, -0.25) is 9.59 Å². The van der Waals surface area contributed by atoms with Crippen LogP contribution in [0.1, 0.15) is 29.8 Å². The number of nitrogens with one attached hydrogen (secondary N) is 2. The first kappa shape index (κ1) is 21.7. The average Bonchev–Trinajstić information content (AvgIpc) is 2.64. The topological polar surface area (TPSA) is 67.4 Å². The Balaban J connectivity index is 2.02.